The number of amides is 2. The molecule has 7 nitrogen and oxygen atoms in total. The summed E-state index contributed by atoms with van der Waals surface area (Å²) in [7, 11) is 3.13. The number of rotatable bonds is 4. The number of benzene rings is 3. The molecule has 0 radical (unpaired) electrons. The minimum Gasteiger partial charge on any atom is -0.497 e. The summed E-state index contributed by atoms with van der Waals surface area (Å²) in [5.41, 5.74) is 0.397. The van der Waals surface area contributed by atoms with Crippen LogP contribution in [-0.2, 0) is 14.4 Å². The fourth-order valence-electron chi connectivity index (χ4n) is 4.16. The Balaban J connectivity index is 1.46. The van der Waals surface area contributed by atoms with Crippen LogP contribution in [0.4, 0.5) is 5.69 Å². The van der Waals surface area contributed by atoms with Gasteiger partial charge >= 0.3 is 0 Å². The van der Waals surface area contributed by atoms with Crippen molar-refractivity contribution in [3.8, 4) is 11.5 Å². The highest BCUT2D eigenvalue weighted by atomic mass is 16.7. The van der Waals surface area contributed by atoms with Gasteiger partial charge in [-0.3, -0.25) is 9.59 Å². The lowest BCUT2D eigenvalue weighted by atomic mass is 9.92. The van der Waals surface area contributed by atoms with Crippen LogP contribution in [0, 0.1) is 0 Å². The molecule has 31 heavy (non-hydrogen) atoms. The second-order valence-corrected chi connectivity index (χ2v) is 7.61. The molecule has 1 saturated heterocycles. The molecule has 0 saturated carbocycles. The van der Waals surface area contributed by atoms with E-state index in [1.807, 2.05) is 36.4 Å². The summed E-state index contributed by atoms with van der Waals surface area (Å²) >= 11 is 0. The highest BCUT2D eigenvalue weighted by molar-refractivity contribution is 6.26. The smallest absolute Gasteiger partial charge is 0.281 e. The van der Waals surface area contributed by atoms with E-state index in [-0.39, 0.29) is 18.7 Å². The van der Waals surface area contributed by atoms with Gasteiger partial charge in [0, 0.05) is 12.0 Å². The minimum atomic E-state index is -1.34. The van der Waals surface area contributed by atoms with E-state index in [9.17, 15) is 9.59 Å². The van der Waals surface area contributed by atoms with Gasteiger partial charge in [-0.05, 0) is 41.1 Å². The van der Waals surface area contributed by atoms with E-state index < -0.39 is 11.5 Å². The van der Waals surface area contributed by atoms with Gasteiger partial charge in [0.2, 0.25) is 11.5 Å². The fraction of sp³-hybridized carbons (Fsp3) is 0.208. The third-order valence-corrected chi connectivity index (χ3v) is 5.77. The van der Waals surface area contributed by atoms with E-state index in [1.54, 1.807) is 38.5 Å². The molecule has 3 aromatic carbocycles. The number of hydrogen-bond donors (Lipinski definition) is 0. The molecule has 1 atom stereocenters. The zero-order valence-electron chi connectivity index (χ0n) is 17.1. The number of ether oxygens (including phenoxy) is 2. The van der Waals surface area contributed by atoms with Crippen LogP contribution in [-0.4, -0.2) is 37.3 Å². The quantitative estimate of drug-likeness (QED) is 0.607. The Bertz CT molecular complexity index is 1250. The Kier molecular flexibility index (Phi) is 4.39. The van der Waals surface area contributed by atoms with Crippen molar-refractivity contribution >= 4 is 34.0 Å². The lowest BCUT2D eigenvalue weighted by Gasteiger charge is -2.20. The minimum absolute atomic E-state index is 0.0715. The SMILES string of the molecule is COc1ccc(OC)c(C2=NOC3(CC(=O)N(c4ccc5ccccc5c4)C3=O)C2)c1. The van der Waals surface area contributed by atoms with Crippen molar-refractivity contribution < 1.29 is 23.9 Å². The molecule has 7 heteroatoms. The van der Waals surface area contributed by atoms with Gasteiger partial charge in [0.05, 0.1) is 32.0 Å². The second kappa shape index (κ2) is 7.12. The van der Waals surface area contributed by atoms with Gasteiger partial charge in [-0.25, -0.2) is 4.90 Å². The normalized spacial score (nSPS) is 20.3. The molecule has 2 heterocycles. The Labute approximate surface area is 178 Å². The van der Waals surface area contributed by atoms with Crippen LogP contribution in [0.1, 0.15) is 18.4 Å². The fourth-order valence-corrected chi connectivity index (χ4v) is 4.16. The molecule has 2 aliphatic rings. The number of hydrogen-bond acceptors (Lipinski definition) is 6. The molecule has 0 aromatic heterocycles. The van der Waals surface area contributed by atoms with Crippen molar-refractivity contribution in [1.82, 2.24) is 0 Å². The molecule has 2 aliphatic heterocycles. The van der Waals surface area contributed by atoms with Crippen LogP contribution in [0.2, 0.25) is 0 Å². The summed E-state index contributed by atoms with van der Waals surface area (Å²) in [5, 5.41) is 6.16. The maximum Gasteiger partial charge on any atom is 0.281 e. The van der Waals surface area contributed by atoms with Crippen LogP contribution in [0.15, 0.2) is 65.8 Å². The first-order valence-corrected chi connectivity index (χ1v) is 9.88. The number of imide groups is 1. The van der Waals surface area contributed by atoms with E-state index in [1.165, 1.54) is 4.90 Å². The molecule has 1 fully saturated rings. The first-order chi connectivity index (χ1) is 15.0. The van der Waals surface area contributed by atoms with Crippen molar-refractivity contribution in [2.24, 2.45) is 5.16 Å². The molecule has 1 unspecified atom stereocenters. The van der Waals surface area contributed by atoms with Gasteiger partial charge in [-0.1, -0.05) is 35.5 Å². The second-order valence-electron chi connectivity index (χ2n) is 7.61. The molecule has 5 rings (SSSR count). The summed E-state index contributed by atoms with van der Waals surface area (Å²) in [4.78, 5) is 33.1. The Morgan fingerprint density at radius 1 is 0.935 bits per heavy atom. The predicted octanol–water partition coefficient (Wildman–Crippen LogP) is 3.68. The van der Waals surface area contributed by atoms with Crippen LogP contribution < -0.4 is 14.4 Å². The van der Waals surface area contributed by atoms with Crippen molar-refractivity contribution in [1.29, 1.82) is 0 Å². The third kappa shape index (κ3) is 3.01. The van der Waals surface area contributed by atoms with Crippen molar-refractivity contribution in [2.45, 2.75) is 18.4 Å². The highest BCUT2D eigenvalue weighted by Gasteiger charge is 2.58. The van der Waals surface area contributed by atoms with Crippen LogP contribution in [0.3, 0.4) is 0 Å². The van der Waals surface area contributed by atoms with Crippen molar-refractivity contribution in [3.63, 3.8) is 0 Å². The van der Waals surface area contributed by atoms with E-state index in [0.717, 1.165) is 10.8 Å². The number of oxime groups is 1. The zero-order chi connectivity index (χ0) is 21.6. The maximum atomic E-state index is 13.4. The van der Waals surface area contributed by atoms with Crippen molar-refractivity contribution in [2.75, 3.05) is 19.1 Å². The first kappa shape index (κ1) is 19.1. The van der Waals surface area contributed by atoms with Gasteiger partial charge < -0.3 is 14.3 Å². The van der Waals surface area contributed by atoms with Crippen molar-refractivity contribution in [3.05, 3.63) is 66.2 Å². The number of carbonyl (C=O) groups excluding carboxylic acids is 2. The van der Waals surface area contributed by atoms with Gasteiger partial charge in [0.15, 0.2) is 0 Å². The standard InChI is InChI=1S/C24H20N2O5/c1-29-18-9-10-21(30-2)19(12-18)20-13-24(31-25-20)14-22(27)26(23(24)28)17-8-7-15-5-3-4-6-16(15)11-17/h3-12H,13-14H2,1-2H3. The molecule has 0 aliphatic carbocycles. The lowest BCUT2D eigenvalue weighted by molar-refractivity contribution is -0.136. The third-order valence-electron chi connectivity index (χ3n) is 5.77. The molecule has 3 aromatic rings. The number of carbonyl (C=O) groups is 2. The molecular weight excluding hydrogens is 396 g/mol. The predicted molar refractivity (Wildman–Crippen MR) is 116 cm³/mol. The summed E-state index contributed by atoms with van der Waals surface area (Å²) in [6.07, 6.45) is 0.100. The number of nitrogens with zero attached hydrogens (tertiary/aromatic N) is 2. The summed E-state index contributed by atoms with van der Waals surface area (Å²) in [6, 6.07) is 18.6. The average Bonchev–Trinajstić information content (AvgIpc) is 3.33. The number of fused-ring (bicyclic) bond motifs is 1. The van der Waals surface area contributed by atoms with Gasteiger partial charge in [0.1, 0.15) is 11.5 Å². The summed E-state index contributed by atoms with van der Waals surface area (Å²) in [5.74, 6) is 0.497. The van der Waals surface area contributed by atoms with Gasteiger partial charge in [-0.15, -0.1) is 0 Å². The molecule has 2 amide bonds. The highest BCUT2D eigenvalue weighted by Crippen LogP contribution is 2.41. The van der Waals surface area contributed by atoms with Gasteiger partial charge in [0.25, 0.3) is 5.91 Å². The molecule has 156 valence electrons. The van der Waals surface area contributed by atoms with E-state index >= 15 is 0 Å². The Hall–Kier alpha value is -3.87. The largest absolute Gasteiger partial charge is 0.497 e. The zero-order valence-corrected chi connectivity index (χ0v) is 17.1. The average molecular weight is 416 g/mol. The maximum absolute atomic E-state index is 13.4. The van der Waals surface area contributed by atoms with Crippen LogP contribution in [0.5, 0.6) is 11.5 Å². The van der Waals surface area contributed by atoms with E-state index in [0.29, 0.717) is 28.5 Å². The monoisotopic (exact) mass is 416 g/mol. The van der Waals surface area contributed by atoms with Crippen LogP contribution >= 0.6 is 0 Å². The van der Waals surface area contributed by atoms with Gasteiger partial charge in [-0.2, -0.15) is 0 Å². The molecule has 1 spiro atoms. The molecular formula is C24H20N2O5. The Morgan fingerprint density at radius 2 is 1.74 bits per heavy atom. The topological polar surface area (TPSA) is 77.4 Å². The number of methoxy groups -OCH3 is 2. The Morgan fingerprint density at radius 3 is 2.52 bits per heavy atom. The van der Waals surface area contributed by atoms with Crippen LogP contribution in [0.25, 0.3) is 10.8 Å². The molecule has 0 bridgehead atoms. The number of anilines is 1. The first-order valence-electron chi connectivity index (χ1n) is 9.88. The van der Waals surface area contributed by atoms with E-state index in [2.05, 4.69) is 5.16 Å². The summed E-state index contributed by atoms with van der Waals surface area (Å²) in [6.45, 7) is 0. The lowest BCUT2D eigenvalue weighted by Crippen LogP contribution is -2.40. The summed E-state index contributed by atoms with van der Waals surface area (Å²) < 4.78 is 10.7. The molecule has 0 N–H and O–H groups in total. The van der Waals surface area contributed by atoms with E-state index in [4.69, 9.17) is 14.3 Å².